The fourth-order valence-corrected chi connectivity index (χ4v) is 1.82. The van der Waals surface area contributed by atoms with Gasteiger partial charge in [0.2, 0.25) is 0 Å². The second kappa shape index (κ2) is 5.05. The van der Waals surface area contributed by atoms with Crippen molar-refractivity contribution >= 4 is 5.82 Å². The van der Waals surface area contributed by atoms with Crippen molar-refractivity contribution in [3.63, 3.8) is 0 Å². The largest absolute Gasteiger partial charge is 0.356 e. The van der Waals surface area contributed by atoms with Crippen molar-refractivity contribution in [3.05, 3.63) is 23.9 Å². The predicted octanol–water partition coefficient (Wildman–Crippen LogP) is 2.97. The molecule has 0 spiro atoms. The molecule has 1 aromatic rings. The van der Waals surface area contributed by atoms with Gasteiger partial charge in [-0.1, -0.05) is 26.8 Å². The van der Waals surface area contributed by atoms with Crippen LogP contribution in [0.15, 0.2) is 18.3 Å². The van der Waals surface area contributed by atoms with Crippen molar-refractivity contribution in [2.45, 2.75) is 46.7 Å². The van der Waals surface area contributed by atoms with E-state index in [2.05, 4.69) is 50.7 Å². The van der Waals surface area contributed by atoms with E-state index >= 15 is 0 Å². The molecule has 0 saturated heterocycles. The number of aromatic nitrogens is 1. The summed E-state index contributed by atoms with van der Waals surface area (Å²) in [6, 6.07) is 4.40. The fourth-order valence-electron chi connectivity index (χ4n) is 1.82. The van der Waals surface area contributed by atoms with Gasteiger partial charge in [0.05, 0.1) is 0 Å². The highest BCUT2D eigenvalue weighted by atomic mass is 15.2. The van der Waals surface area contributed by atoms with Gasteiger partial charge >= 0.3 is 0 Å². The summed E-state index contributed by atoms with van der Waals surface area (Å²) in [7, 11) is 2.09. The number of rotatable bonds is 3. The minimum absolute atomic E-state index is 0.00770. The first-order valence-electron chi connectivity index (χ1n) is 6.18. The minimum atomic E-state index is 0.00770. The Labute approximate surface area is 105 Å². The SMILES string of the molecule is CC(N)c1cccnc1N(C)C(C)C(C)(C)C. The van der Waals surface area contributed by atoms with Crippen LogP contribution in [0.25, 0.3) is 0 Å². The van der Waals surface area contributed by atoms with Gasteiger partial charge in [0.1, 0.15) is 5.82 Å². The lowest BCUT2D eigenvalue weighted by atomic mass is 9.87. The van der Waals surface area contributed by atoms with Crippen molar-refractivity contribution in [1.29, 1.82) is 0 Å². The van der Waals surface area contributed by atoms with Gasteiger partial charge in [0, 0.05) is 30.9 Å². The maximum Gasteiger partial charge on any atom is 0.133 e. The molecule has 2 N–H and O–H groups in total. The number of nitrogens with zero attached hydrogens (tertiary/aromatic N) is 2. The molecule has 3 heteroatoms. The summed E-state index contributed by atoms with van der Waals surface area (Å²) in [5.41, 5.74) is 7.31. The Bertz CT molecular complexity index is 366. The number of hydrogen-bond donors (Lipinski definition) is 1. The molecule has 2 atom stereocenters. The van der Waals surface area contributed by atoms with Crippen LogP contribution >= 0.6 is 0 Å². The van der Waals surface area contributed by atoms with Gasteiger partial charge in [0.25, 0.3) is 0 Å². The van der Waals surface area contributed by atoms with E-state index in [1.807, 2.05) is 19.2 Å². The van der Waals surface area contributed by atoms with Crippen LogP contribution in [0, 0.1) is 5.41 Å². The topological polar surface area (TPSA) is 42.1 Å². The van der Waals surface area contributed by atoms with Gasteiger partial charge in [-0.05, 0) is 25.3 Å². The molecule has 2 unspecified atom stereocenters. The van der Waals surface area contributed by atoms with Crippen LogP contribution in [-0.4, -0.2) is 18.1 Å². The molecule has 1 aromatic heterocycles. The molecule has 3 nitrogen and oxygen atoms in total. The van der Waals surface area contributed by atoms with Crippen LogP contribution in [0.5, 0.6) is 0 Å². The number of anilines is 1. The maximum absolute atomic E-state index is 5.99. The van der Waals surface area contributed by atoms with Crippen LogP contribution in [0.1, 0.15) is 46.2 Å². The first-order chi connectivity index (χ1) is 7.75. The monoisotopic (exact) mass is 235 g/mol. The quantitative estimate of drug-likeness (QED) is 0.875. The Morgan fingerprint density at radius 2 is 1.88 bits per heavy atom. The molecule has 0 aliphatic heterocycles. The molecule has 96 valence electrons. The zero-order valence-corrected chi connectivity index (χ0v) is 11.9. The second-order valence-corrected chi connectivity index (χ2v) is 5.86. The molecule has 1 heterocycles. The molecule has 1 rings (SSSR count). The van der Waals surface area contributed by atoms with Crippen LogP contribution in [0.3, 0.4) is 0 Å². The average molecular weight is 235 g/mol. The van der Waals surface area contributed by atoms with E-state index in [0.29, 0.717) is 6.04 Å². The Morgan fingerprint density at radius 3 is 2.35 bits per heavy atom. The molecule has 0 aliphatic rings. The Hall–Kier alpha value is -1.09. The zero-order chi connectivity index (χ0) is 13.2. The molecule has 0 aromatic carbocycles. The summed E-state index contributed by atoms with van der Waals surface area (Å²) in [4.78, 5) is 6.70. The predicted molar refractivity (Wildman–Crippen MR) is 74.2 cm³/mol. The van der Waals surface area contributed by atoms with E-state index in [9.17, 15) is 0 Å². The molecule has 0 bridgehead atoms. The normalized spacial score (nSPS) is 15.5. The minimum Gasteiger partial charge on any atom is -0.356 e. The van der Waals surface area contributed by atoms with Crippen molar-refractivity contribution in [2.75, 3.05) is 11.9 Å². The maximum atomic E-state index is 5.99. The summed E-state index contributed by atoms with van der Waals surface area (Å²) >= 11 is 0. The third-order valence-corrected chi connectivity index (χ3v) is 3.48. The van der Waals surface area contributed by atoms with Gasteiger partial charge in [-0.3, -0.25) is 0 Å². The van der Waals surface area contributed by atoms with E-state index in [-0.39, 0.29) is 11.5 Å². The third kappa shape index (κ3) is 3.19. The number of pyridine rings is 1. The Kier molecular flexibility index (Phi) is 4.15. The lowest BCUT2D eigenvalue weighted by Gasteiger charge is -2.37. The Balaban J connectivity index is 3.08. The van der Waals surface area contributed by atoms with E-state index in [1.165, 1.54) is 0 Å². The molecular formula is C14H25N3. The molecule has 0 aliphatic carbocycles. The molecule has 0 radical (unpaired) electrons. The first-order valence-corrected chi connectivity index (χ1v) is 6.18. The van der Waals surface area contributed by atoms with Crippen LogP contribution in [0.4, 0.5) is 5.82 Å². The summed E-state index contributed by atoms with van der Waals surface area (Å²) in [6.07, 6.45) is 1.83. The highest BCUT2D eigenvalue weighted by Gasteiger charge is 2.26. The Morgan fingerprint density at radius 1 is 1.29 bits per heavy atom. The summed E-state index contributed by atoms with van der Waals surface area (Å²) in [5.74, 6) is 0.991. The smallest absolute Gasteiger partial charge is 0.133 e. The zero-order valence-electron chi connectivity index (χ0n) is 11.9. The molecule has 17 heavy (non-hydrogen) atoms. The standard InChI is InChI=1S/C14H25N3/c1-10(15)12-8-7-9-16-13(12)17(6)11(2)14(3,4)5/h7-11H,15H2,1-6H3. The molecular weight excluding hydrogens is 210 g/mol. The fraction of sp³-hybridized carbons (Fsp3) is 0.643. The molecule has 0 amide bonds. The first kappa shape index (κ1) is 14.0. The van der Waals surface area contributed by atoms with Crippen LogP contribution in [-0.2, 0) is 0 Å². The van der Waals surface area contributed by atoms with Gasteiger partial charge in [-0.2, -0.15) is 0 Å². The summed E-state index contributed by atoms with van der Waals surface area (Å²) < 4.78 is 0. The van der Waals surface area contributed by atoms with Crippen molar-refractivity contribution < 1.29 is 0 Å². The summed E-state index contributed by atoms with van der Waals surface area (Å²) in [5, 5.41) is 0. The lowest BCUT2D eigenvalue weighted by Crippen LogP contribution is -2.40. The number of nitrogens with two attached hydrogens (primary N) is 1. The van der Waals surface area contributed by atoms with E-state index in [4.69, 9.17) is 5.73 Å². The van der Waals surface area contributed by atoms with E-state index in [1.54, 1.807) is 0 Å². The van der Waals surface area contributed by atoms with Crippen LogP contribution < -0.4 is 10.6 Å². The second-order valence-electron chi connectivity index (χ2n) is 5.86. The van der Waals surface area contributed by atoms with Crippen molar-refractivity contribution in [1.82, 2.24) is 4.98 Å². The average Bonchev–Trinajstić information content (AvgIpc) is 2.25. The third-order valence-electron chi connectivity index (χ3n) is 3.48. The number of hydrogen-bond acceptors (Lipinski definition) is 3. The highest BCUT2D eigenvalue weighted by Crippen LogP contribution is 2.29. The molecule has 0 fully saturated rings. The van der Waals surface area contributed by atoms with Gasteiger partial charge in [0.15, 0.2) is 0 Å². The van der Waals surface area contributed by atoms with Gasteiger partial charge in [-0.25, -0.2) is 4.98 Å². The highest BCUT2D eigenvalue weighted by molar-refractivity contribution is 5.48. The lowest BCUT2D eigenvalue weighted by molar-refractivity contribution is 0.328. The molecule has 0 saturated carbocycles. The van der Waals surface area contributed by atoms with E-state index in [0.717, 1.165) is 11.4 Å². The summed E-state index contributed by atoms with van der Waals surface area (Å²) in [6.45, 7) is 10.9. The van der Waals surface area contributed by atoms with Gasteiger partial charge < -0.3 is 10.6 Å². The van der Waals surface area contributed by atoms with Crippen molar-refractivity contribution in [3.8, 4) is 0 Å². The van der Waals surface area contributed by atoms with Crippen LogP contribution in [0.2, 0.25) is 0 Å². The van der Waals surface area contributed by atoms with E-state index < -0.39 is 0 Å². The van der Waals surface area contributed by atoms with Crippen molar-refractivity contribution in [2.24, 2.45) is 11.1 Å². The van der Waals surface area contributed by atoms with Gasteiger partial charge in [-0.15, -0.1) is 0 Å².